The van der Waals surface area contributed by atoms with Crippen molar-refractivity contribution < 1.29 is 39.5 Å². The third-order valence-corrected chi connectivity index (χ3v) is 7.98. The molecule has 32 heavy (non-hydrogen) atoms. The van der Waals surface area contributed by atoms with Crippen molar-refractivity contribution in [3.63, 3.8) is 0 Å². The maximum absolute atomic E-state index is 12.9. The van der Waals surface area contributed by atoms with Crippen molar-refractivity contribution in [1.82, 2.24) is 0 Å². The molecule has 4 N–H and O–H groups in total. The highest BCUT2D eigenvalue weighted by molar-refractivity contribution is 5.94. The van der Waals surface area contributed by atoms with Crippen molar-refractivity contribution in [2.45, 2.75) is 63.9 Å². The topological polar surface area (TPSA) is 134 Å². The number of aldehydes is 1. The molecule has 0 unspecified atom stereocenters. The normalized spacial score (nSPS) is 39.2. The summed E-state index contributed by atoms with van der Waals surface area (Å²) < 4.78 is 10.7. The minimum absolute atomic E-state index is 0.0611. The van der Waals surface area contributed by atoms with E-state index in [1.807, 2.05) is 13.8 Å². The number of benzene rings is 1. The zero-order valence-corrected chi connectivity index (χ0v) is 18.9. The van der Waals surface area contributed by atoms with E-state index < -0.39 is 46.1 Å². The third kappa shape index (κ3) is 2.72. The number of ether oxygens (including phenoxy) is 2. The number of aliphatic hydroxyl groups is 3. The smallest absolute Gasteiger partial charge is 0.342 e. The van der Waals surface area contributed by atoms with E-state index in [0.717, 1.165) is 0 Å². The van der Waals surface area contributed by atoms with Gasteiger partial charge in [-0.15, -0.1) is 0 Å². The highest BCUT2D eigenvalue weighted by atomic mass is 16.6. The van der Waals surface area contributed by atoms with Crippen LogP contribution in [0.4, 0.5) is 0 Å². The first-order valence-electron chi connectivity index (χ1n) is 10.6. The van der Waals surface area contributed by atoms with Gasteiger partial charge in [-0.25, -0.2) is 4.79 Å². The lowest BCUT2D eigenvalue weighted by molar-refractivity contribution is -0.272. The molecule has 3 aliphatic rings. The molecule has 0 heterocycles. The second-order valence-electron chi connectivity index (χ2n) is 10.4. The van der Waals surface area contributed by atoms with Crippen LogP contribution in [0.3, 0.4) is 0 Å². The number of hydrogen-bond acceptors (Lipinski definition) is 8. The van der Waals surface area contributed by atoms with Crippen LogP contribution in [0.25, 0.3) is 0 Å². The lowest BCUT2D eigenvalue weighted by Gasteiger charge is -2.66. The van der Waals surface area contributed by atoms with E-state index in [4.69, 9.17) is 9.47 Å². The number of esters is 1. The monoisotopic (exact) mass is 446 g/mol. The average Bonchev–Trinajstić information content (AvgIpc) is 2.88. The fourth-order valence-corrected chi connectivity index (χ4v) is 6.45. The van der Waals surface area contributed by atoms with Crippen LogP contribution < -0.4 is 4.74 Å². The molecule has 3 aliphatic carbocycles. The molecule has 8 nitrogen and oxygen atoms in total. The fourth-order valence-electron chi connectivity index (χ4n) is 6.45. The molecule has 0 bridgehead atoms. The summed E-state index contributed by atoms with van der Waals surface area (Å²) in [5.41, 5.74) is -4.76. The van der Waals surface area contributed by atoms with Gasteiger partial charge >= 0.3 is 5.97 Å². The van der Waals surface area contributed by atoms with Crippen molar-refractivity contribution >= 4 is 12.3 Å². The van der Waals surface area contributed by atoms with Gasteiger partial charge in [0.25, 0.3) is 0 Å². The maximum Gasteiger partial charge on any atom is 0.342 e. The molecule has 0 amide bonds. The van der Waals surface area contributed by atoms with Crippen molar-refractivity contribution in [1.29, 1.82) is 0 Å². The molecule has 0 radical (unpaired) electrons. The highest BCUT2D eigenvalue weighted by Crippen LogP contribution is 2.69. The summed E-state index contributed by atoms with van der Waals surface area (Å²) in [6, 6.07) is 2.86. The Bertz CT molecular complexity index is 1010. The maximum atomic E-state index is 12.9. The van der Waals surface area contributed by atoms with Gasteiger partial charge in [0, 0.05) is 23.0 Å². The Morgan fingerprint density at radius 1 is 1.22 bits per heavy atom. The molecule has 0 saturated heterocycles. The number of phenols is 1. The zero-order chi connectivity index (χ0) is 23.9. The van der Waals surface area contributed by atoms with Crippen LogP contribution in [0, 0.1) is 23.7 Å². The van der Waals surface area contributed by atoms with E-state index in [9.17, 15) is 30.0 Å². The first-order chi connectivity index (χ1) is 14.7. The van der Waals surface area contributed by atoms with Gasteiger partial charge < -0.3 is 29.9 Å². The highest BCUT2D eigenvalue weighted by Gasteiger charge is 2.77. The number of methoxy groups -OCH3 is 1. The van der Waals surface area contributed by atoms with Gasteiger partial charge in [-0.2, -0.15) is 0 Å². The number of carbonyl (C=O) groups is 2. The number of rotatable bonds is 4. The van der Waals surface area contributed by atoms with Crippen LogP contribution in [-0.2, 0) is 9.53 Å². The van der Waals surface area contributed by atoms with Crippen LogP contribution in [0.15, 0.2) is 23.8 Å². The summed E-state index contributed by atoms with van der Waals surface area (Å²) in [6.07, 6.45) is 0.144. The molecular weight excluding hydrogens is 416 g/mol. The van der Waals surface area contributed by atoms with E-state index in [-0.39, 0.29) is 29.7 Å². The van der Waals surface area contributed by atoms with E-state index >= 15 is 0 Å². The predicted octanol–water partition coefficient (Wildman–Crippen LogP) is 1.65. The number of hydrogen-bond donors (Lipinski definition) is 4. The van der Waals surface area contributed by atoms with Gasteiger partial charge in [0.05, 0.1) is 18.8 Å². The van der Waals surface area contributed by atoms with Crippen LogP contribution in [-0.4, -0.2) is 63.2 Å². The molecule has 8 heteroatoms. The Morgan fingerprint density at radius 2 is 1.88 bits per heavy atom. The number of aliphatic hydroxyl groups excluding tert-OH is 1. The lowest BCUT2D eigenvalue weighted by Crippen LogP contribution is -2.76. The molecule has 1 aromatic rings. The number of aryl methyl sites for hydroxylation is 1. The quantitative estimate of drug-likeness (QED) is 0.405. The molecule has 2 fully saturated rings. The molecule has 0 aromatic heterocycles. The van der Waals surface area contributed by atoms with Gasteiger partial charge in [0.2, 0.25) is 0 Å². The van der Waals surface area contributed by atoms with Gasteiger partial charge in [-0.1, -0.05) is 20.8 Å². The molecule has 4 rings (SSSR count). The van der Waals surface area contributed by atoms with Crippen molar-refractivity contribution in [2.75, 3.05) is 7.11 Å². The van der Waals surface area contributed by atoms with Crippen molar-refractivity contribution in [3.05, 3.63) is 34.9 Å². The van der Waals surface area contributed by atoms with Crippen molar-refractivity contribution in [3.8, 4) is 11.5 Å². The Kier molecular flexibility index (Phi) is 4.83. The van der Waals surface area contributed by atoms with Gasteiger partial charge in [0.15, 0.2) is 0 Å². The predicted molar refractivity (Wildman–Crippen MR) is 113 cm³/mol. The molecule has 1 aromatic carbocycles. The first-order valence-corrected chi connectivity index (χ1v) is 10.6. The van der Waals surface area contributed by atoms with E-state index in [1.165, 1.54) is 19.3 Å². The SMILES string of the molecule is COc1cc(C)c(C(=O)O[C@@H]2C[C@]3(C)[C@H]4[C@@H](O)C(C)(C)C[C@@]4(O)C=C(C=O)[C@]23O)c(O)c1. The van der Waals surface area contributed by atoms with Crippen LogP contribution in [0.1, 0.15) is 49.5 Å². The lowest BCUT2D eigenvalue weighted by atomic mass is 9.43. The van der Waals surface area contributed by atoms with Crippen LogP contribution in [0.5, 0.6) is 11.5 Å². The van der Waals surface area contributed by atoms with Crippen molar-refractivity contribution in [2.24, 2.45) is 16.7 Å². The second kappa shape index (κ2) is 6.79. The first kappa shape index (κ1) is 22.8. The fraction of sp³-hybridized carbons (Fsp3) is 0.583. The zero-order valence-electron chi connectivity index (χ0n) is 18.9. The van der Waals surface area contributed by atoms with E-state index in [0.29, 0.717) is 17.6 Å². The van der Waals surface area contributed by atoms with Crippen LogP contribution >= 0.6 is 0 Å². The minimum Gasteiger partial charge on any atom is -0.507 e. The Morgan fingerprint density at radius 3 is 2.44 bits per heavy atom. The minimum atomic E-state index is -1.88. The molecule has 6 atom stereocenters. The van der Waals surface area contributed by atoms with E-state index in [1.54, 1.807) is 19.9 Å². The van der Waals surface area contributed by atoms with Gasteiger partial charge in [-0.3, -0.25) is 4.79 Å². The number of fused-ring (bicyclic) bond motifs is 3. The number of aromatic hydroxyl groups is 1. The molecule has 2 saturated carbocycles. The van der Waals surface area contributed by atoms with Gasteiger partial charge in [0.1, 0.15) is 35.1 Å². The Balaban J connectivity index is 1.70. The largest absolute Gasteiger partial charge is 0.507 e. The summed E-state index contributed by atoms with van der Waals surface area (Å²) in [7, 11) is 1.44. The van der Waals surface area contributed by atoms with Crippen LogP contribution in [0.2, 0.25) is 0 Å². The standard InChI is InChI=1S/C24H30O8/c1-12-6-14(31-5)7-15(26)17(12)20(28)32-16-9-22(4)18-19(27)21(2,3)11-23(18,29)8-13(10-25)24(16,22)30/h6-8,10,16,18-19,26-27,29-30H,9,11H2,1-5H3/t16-,18-,19-,22-,23+,24+/m1/s1. The summed E-state index contributed by atoms with van der Waals surface area (Å²) >= 11 is 0. The Hall–Kier alpha value is -2.42. The summed E-state index contributed by atoms with van der Waals surface area (Å²) in [5.74, 6) is -1.54. The third-order valence-electron chi connectivity index (χ3n) is 7.98. The summed E-state index contributed by atoms with van der Waals surface area (Å²) in [4.78, 5) is 24.9. The molecule has 0 aliphatic heterocycles. The number of phenolic OH excluding ortho intramolecular Hbond substituents is 1. The van der Waals surface area contributed by atoms with Gasteiger partial charge in [-0.05, 0) is 42.9 Å². The average molecular weight is 446 g/mol. The number of carbonyl (C=O) groups excluding carboxylic acids is 2. The summed E-state index contributed by atoms with van der Waals surface area (Å²) in [6.45, 7) is 6.98. The summed E-state index contributed by atoms with van der Waals surface area (Å²) in [5, 5.41) is 44.3. The molecule has 174 valence electrons. The molecule has 0 spiro atoms. The molecular formula is C24H30O8. The van der Waals surface area contributed by atoms with E-state index in [2.05, 4.69) is 0 Å². The Labute approximate surface area is 186 Å². The second-order valence-corrected chi connectivity index (χ2v) is 10.4.